The molecule has 0 saturated carbocycles. The highest BCUT2D eigenvalue weighted by atomic mass is 79.9. The lowest BCUT2D eigenvalue weighted by Crippen LogP contribution is -2.08. The van der Waals surface area contributed by atoms with Gasteiger partial charge in [0.15, 0.2) is 0 Å². The van der Waals surface area contributed by atoms with Crippen molar-refractivity contribution < 1.29 is 8.42 Å². The molecular weight excluding hydrogens is 324 g/mol. The zero-order valence-electron chi connectivity index (χ0n) is 10.6. The van der Waals surface area contributed by atoms with E-state index in [1.54, 1.807) is 0 Å². The highest BCUT2D eigenvalue weighted by Gasteiger charge is 2.14. The molecule has 0 saturated heterocycles. The number of benzene rings is 2. The molecule has 4 heteroatoms. The average molecular weight is 339 g/mol. The van der Waals surface area contributed by atoms with E-state index in [4.69, 9.17) is 0 Å². The van der Waals surface area contributed by atoms with Gasteiger partial charge in [0.05, 0.1) is 10.6 Å². The first-order chi connectivity index (χ1) is 8.96. The van der Waals surface area contributed by atoms with Crippen molar-refractivity contribution in [2.24, 2.45) is 0 Å². The van der Waals surface area contributed by atoms with Crippen LogP contribution in [0.2, 0.25) is 0 Å². The predicted molar refractivity (Wildman–Crippen MR) is 83.3 cm³/mol. The van der Waals surface area contributed by atoms with E-state index in [1.807, 2.05) is 42.5 Å². The molecule has 0 bridgehead atoms. The summed E-state index contributed by atoms with van der Waals surface area (Å²) in [4.78, 5) is -0.160. The second-order valence-corrected chi connectivity index (χ2v) is 7.84. The number of rotatable bonds is 4. The van der Waals surface area contributed by atoms with Gasteiger partial charge >= 0.3 is 0 Å². The summed E-state index contributed by atoms with van der Waals surface area (Å²) < 4.78 is 22.5. The Kier molecular flexibility index (Phi) is 4.42. The largest absolute Gasteiger partial charge is 0.229 e. The number of halogens is 1. The van der Waals surface area contributed by atoms with Crippen LogP contribution in [-0.2, 0) is 9.84 Å². The average Bonchev–Trinajstić information content (AvgIpc) is 2.38. The van der Waals surface area contributed by atoms with Crippen LogP contribution in [0.1, 0.15) is 10.4 Å². The van der Waals surface area contributed by atoms with Gasteiger partial charge in [-0.2, -0.15) is 0 Å². The van der Waals surface area contributed by atoms with E-state index in [9.17, 15) is 8.42 Å². The fourth-order valence-corrected chi connectivity index (χ4v) is 4.35. The van der Waals surface area contributed by atoms with Gasteiger partial charge < -0.3 is 0 Å². The molecule has 1 atom stereocenters. The van der Waals surface area contributed by atoms with Crippen LogP contribution in [-0.4, -0.2) is 20.4 Å². The minimum atomic E-state index is -2.98. The van der Waals surface area contributed by atoms with Crippen molar-refractivity contribution in [2.75, 3.05) is 12.0 Å². The van der Waals surface area contributed by atoms with E-state index in [1.165, 1.54) is 6.26 Å². The first kappa shape index (κ1) is 14.3. The van der Waals surface area contributed by atoms with Gasteiger partial charge in [-0.05, 0) is 16.7 Å². The lowest BCUT2D eigenvalue weighted by Gasteiger charge is -2.10. The number of hydrogen-bond acceptors (Lipinski definition) is 2. The van der Waals surface area contributed by atoms with E-state index in [0.29, 0.717) is 0 Å². The maximum absolute atomic E-state index is 11.3. The Hall–Kier alpha value is -1.13. The maximum atomic E-state index is 11.3. The van der Waals surface area contributed by atoms with Crippen molar-refractivity contribution in [2.45, 2.75) is 4.83 Å². The van der Waals surface area contributed by atoms with Gasteiger partial charge in [-0.1, -0.05) is 70.5 Å². The molecule has 0 aliphatic carbocycles. The summed E-state index contributed by atoms with van der Waals surface area (Å²) in [7, 11) is -2.98. The van der Waals surface area contributed by atoms with Crippen molar-refractivity contribution in [3.05, 3.63) is 60.2 Å². The Morgan fingerprint density at radius 1 is 0.947 bits per heavy atom. The third-order valence-electron chi connectivity index (χ3n) is 2.83. The fraction of sp³-hybridized carbons (Fsp3) is 0.200. The Bertz CT molecular complexity index is 634. The standard InChI is InChI=1S/C15H15BrO2S/c1-19(17,18)11-15(16)14-9-7-13(8-10-14)12-5-3-2-4-6-12/h2-10,15H,11H2,1H3. The smallest absolute Gasteiger partial charge is 0.148 e. The number of sulfone groups is 1. The molecule has 2 rings (SSSR count). The molecule has 0 fully saturated rings. The topological polar surface area (TPSA) is 34.1 Å². The molecule has 1 unspecified atom stereocenters. The Morgan fingerprint density at radius 2 is 1.47 bits per heavy atom. The molecule has 19 heavy (non-hydrogen) atoms. The molecule has 100 valence electrons. The molecule has 0 aliphatic heterocycles. The van der Waals surface area contributed by atoms with E-state index < -0.39 is 9.84 Å². The summed E-state index contributed by atoms with van der Waals surface area (Å²) in [6, 6.07) is 18.1. The van der Waals surface area contributed by atoms with Gasteiger partial charge in [0, 0.05) is 6.26 Å². The van der Waals surface area contributed by atoms with Crippen LogP contribution in [0, 0.1) is 0 Å². The quantitative estimate of drug-likeness (QED) is 0.794. The van der Waals surface area contributed by atoms with E-state index in [2.05, 4.69) is 28.1 Å². The molecule has 0 aromatic heterocycles. The second kappa shape index (κ2) is 5.88. The van der Waals surface area contributed by atoms with Crippen LogP contribution >= 0.6 is 15.9 Å². The Morgan fingerprint density at radius 3 is 2.00 bits per heavy atom. The predicted octanol–water partition coefficient (Wildman–Crippen LogP) is 3.83. The van der Waals surface area contributed by atoms with Gasteiger partial charge in [0.2, 0.25) is 0 Å². The van der Waals surface area contributed by atoms with Crippen LogP contribution in [0.4, 0.5) is 0 Å². The van der Waals surface area contributed by atoms with Crippen molar-refractivity contribution in [3.63, 3.8) is 0 Å². The Labute approximate surface area is 122 Å². The maximum Gasteiger partial charge on any atom is 0.148 e. The summed E-state index contributed by atoms with van der Waals surface area (Å²) in [5, 5.41) is 0. The number of hydrogen-bond donors (Lipinski definition) is 0. The fourth-order valence-electron chi connectivity index (χ4n) is 1.88. The first-order valence-electron chi connectivity index (χ1n) is 5.93. The molecule has 0 radical (unpaired) electrons. The zero-order valence-corrected chi connectivity index (χ0v) is 13.0. The summed E-state index contributed by atoms with van der Waals surface area (Å²) in [5.74, 6) is 0.109. The van der Waals surface area contributed by atoms with Crippen molar-refractivity contribution in [1.82, 2.24) is 0 Å². The van der Waals surface area contributed by atoms with Crippen LogP contribution in [0.15, 0.2) is 54.6 Å². The van der Waals surface area contributed by atoms with Crippen molar-refractivity contribution in [3.8, 4) is 11.1 Å². The number of alkyl halides is 1. The Balaban J connectivity index is 2.19. The van der Waals surface area contributed by atoms with Gasteiger partial charge in [-0.25, -0.2) is 8.42 Å². The zero-order chi connectivity index (χ0) is 13.9. The lowest BCUT2D eigenvalue weighted by atomic mass is 10.0. The molecule has 0 amide bonds. The monoisotopic (exact) mass is 338 g/mol. The van der Waals surface area contributed by atoms with Gasteiger partial charge in [0.1, 0.15) is 9.84 Å². The molecule has 2 nitrogen and oxygen atoms in total. The SMILES string of the molecule is CS(=O)(=O)CC(Br)c1ccc(-c2ccccc2)cc1. The van der Waals surface area contributed by atoms with Crippen molar-refractivity contribution in [1.29, 1.82) is 0 Å². The third-order valence-corrected chi connectivity index (χ3v) is 5.05. The van der Waals surface area contributed by atoms with E-state index >= 15 is 0 Å². The van der Waals surface area contributed by atoms with E-state index in [-0.39, 0.29) is 10.6 Å². The molecule has 2 aromatic rings. The molecule has 2 aromatic carbocycles. The van der Waals surface area contributed by atoms with E-state index in [0.717, 1.165) is 16.7 Å². The van der Waals surface area contributed by atoms with Gasteiger partial charge in [-0.3, -0.25) is 0 Å². The molecule has 0 aliphatic rings. The van der Waals surface area contributed by atoms with Crippen LogP contribution in [0.3, 0.4) is 0 Å². The summed E-state index contributed by atoms with van der Waals surface area (Å²) >= 11 is 3.42. The van der Waals surface area contributed by atoms with Crippen LogP contribution < -0.4 is 0 Å². The summed E-state index contributed by atoms with van der Waals surface area (Å²) in [6.45, 7) is 0. The first-order valence-corrected chi connectivity index (χ1v) is 8.90. The van der Waals surface area contributed by atoms with Gasteiger partial charge in [-0.15, -0.1) is 0 Å². The van der Waals surface area contributed by atoms with Crippen LogP contribution in [0.5, 0.6) is 0 Å². The molecule has 0 heterocycles. The highest BCUT2D eigenvalue weighted by molar-refractivity contribution is 9.09. The highest BCUT2D eigenvalue weighted by Crippen LogP contribution is 2.27. The molecular formula is C15H15BrO2S. The molecule has 0 spiro atoms. The third kappa shape index (κ3) is 4.18. The minimum Gasteiger partial charge on any atom is -0.229 e. The lowest BCUT2D eigenvalue weighted by molar-refractivity contribution is 0.601. The summed E-state index contributed by atoms with van der Waals surface area (Å²) in [5.41, 5.74) is 3.26. The van der Waals surface area contributed by atoms with Crippen molar-refractivity contribution >= 4 is 25.8 Å². The summed E-state index contributed by atoms with van der Waals surface area (Å²) in [6.07, 6.45) is 1.25. The minimum absolute atomic E-state index is 0.109. The van der Waals surface area contributed by atoms with Crippen LogP contribution in [0.25, 0.3) is 11.1 Å². The van der Waals surface area contributed by atoms with Gasteiger partial charge in [0.25, 0.3) is 0 Å². The molecule has 0 N–H and O–H groups in total. The second-order valence-electron chi connectivity index (χ2n) is 4.55. The normalized spacial score (nSPS) is 13.2.